The number of aromatic nitrogens is 1. The zero-order valence-electron chi connectivity index (χ0n) is 16.1. The number of amides is 2. The lowest BCUT2D eigenvalue weighted by Crippen LogP contribution is -2.43. The van der Waals surface area contributed by atoms with Gasteiger partial charge in [-0.2, -0.15) is 5.26 Å². The first kappa shape index (κ1) is 20.5. The molecule has 10 nitrogen and oxygen atoms in total. The number of carbonyl (C=O) groups excluding carboxylic acids is 2. The van der Waals surface area contributed by atoms with Gasteiger partial charge in [-0.05, 0) is 38.2 Å². The molecule has 2 aliphatic rings. The molecule has 29 heavy (non-hydrogen) atoms. The summed E-state index contributed by atoms with van der Waals surface area (Å²) >= 11 is 0. The van der Waals surface area contributed by atoms with Crippen molar-refractivity contribution in [1.29, 1.82) is 5.26 Å². The van der Waals surface area contributed by atoms with Gasteiger partial charge in [-0.1, -0.05) is 12.8 Å². The summed E-state index contributed by atoms with van der Waals surface area (Å²) in [5, 5.41) is 26.0. The molecule has 1 aliphatic carbocycles. The lowest BCUT2D eigenvalue weighted by molar-refractivity contribution is -0.387. The molecule has 1 aliphatic heterocycles. The Hall–Kier alpha value is -3.22. The Kier molecular flexibility index (Phi) is 5.96. The standard InChI is InChI=1S/C19H23N5O5/c1-11-5-7-23(19(27)16(11)24(28)29)15(8-12-2-3-12)18(26)22-14(10-20)9-13-4-6-21-17(13)25/h5,7,12-15H,2-4,6,8-9H2,1H3,(H,21,25)(H,22,26)/t13-,14?,15-/m0/s1. The number of pyridine rings is 1. The molecule has 0 spiro atoms. The van der Waals surface area contributed by atoms with Gasteiger partial charge >= 0.3 is 11.2 Å². The Morgan fingerprint density at radius 2 is 2.14 bits per heavy atom. The topological polar surface area (TPSA) is 147 Å². The molecule has 2 heterocycles. The molecular formula is C19H23N5O5. The highest BCUT2D eigenvalue weighted by atomic mass is 16.6. The van der Waals surface area contributed by atoms with E-state index in [4.69, 9.17) is 0 Å². The summed E-state index contributed by atoms with van der Waals surface area (Å²) in [7, 11) is 0. The molecule has 154 valence electrons. The predicted octanol–water partition coefficient (Wildman–Crippen LogP) is 0.941. The van der Waals surface area contributed by atoms with E-state index in [1.807, 2.05) is 6.07 Å². The third-order valence-corrected chi connectivity index (χ3v) is 5.53. The van der Waals surface area contributed by atoms with E-state index in [2.05, 4.69) is 10.6 Å². The Bertz CT molecular complexity index is 930. The monoisotopic (exact) mass is 401 g/mol. The molecule has 3 rings (SSSR count). The summed E-state index contributed by atoms with van der Waals surface area (Å²) in [4.78, 5) is 47.9. The van der Waals surface area contributed by atoms with Gasteiger partial charge in [0.2, 0.25) is 11.8 Å². The fourth-order valence-electron chi connectivity index (χ4n) is 3.68. The Labute approximate surface area is 167 Å². The van der Waals surface area contributed by atoms with Gasteiger partial charge in [-0.25, -0.2) is 0 Å². The summed E-state index contributed by atoms with van der Waals surface area (Å²) in [6.07, 6.45) is 4.40. The zero-order chi connectivity index (χ0) is 21.1. The number of rotatable bonds is 8. The molecule has 1 unspecified atom stereocenters. The molecule has 1 aromatic heterocycles. The summed E-state index contributed by atoms with van der Waals surface area (Å²) in [6, 6.07) is 1.62. The van der Waals surface area contributed by atoms with Gasteiger partial charge in [0.15, 0.2) is 0 Å². The van der Waals surface area contributed by atoms with Crippen molar-refractivity contribution in [3.8, 4) is 6.07 Å². The molecule has 2 amide bonds. The highest BCUT2D eigenvalue weighted by Gasteiger charge is 2.35. The quantitative estimate of drug-likeness (QED) is 0.489. The normalized spacial score (nSPS) is 20.4. The molecular weight excluding hydrogens is 378 g/mol. The highest BCUT2D eigenvalue weighted by molar-refractivity contribution is 5.82. The van der Waals surface area contributed by atoms with E-state index < -0.39 is 34.2 Å². The van der Waals surface area contributed by atoms with E-state index in [0.29, 0.717) is 19.4 Å². The Balaban J connectivity index is 1.83. The van der Waals surface area contributed by atoms with Gasteiger partial charge < -0.3 is 10.6 Å². The van der Waals surface area contributed by atoms with Crippen molar-refractivity contribution >= 4 is 17.5 Å². The second-order valence-corrected chi connectivity index (χ2v) is 7.71. The Morgan fingerprint density at radius 3 is 2.69 bits per heavy atom. The lowest BCUT2D eigenvalue weighted by Gasteiger charge is -2.22. The Morgan fingerprint density at radius 1 is 1.41 bits per heavy atom. The first-order valence-electron chi connectivity index (χ1n) is 9.65. The van der Waals surface area contributed by atoms with Crippen LogP contribution in [0.25, 0.3) is 0 Å². The van der Waals surface area contributed by atoms with Crippen LogP contribution in [0.3, 0.4) is 0 Å². The molecule has 0 radical (unpaired) electrons. The molecule has 1 saturated carbocycles. The average molecular weight is 401 g/mol. The number of nitriles is 1. The summed E-state index contributed by atoms with van der Waals surface area (Å²) in [5.41, 5.74) is -1.16. The van der Waals surface area contributed by atoms with Crippen molar-refractivity contribution in [2.45, 2.75) is 51.1 Å². The van der Waals surface area contributed by atoms with Crippen molar-refractivity contribution in [3.05, 3.63) is 38.3 Å². The first-order chi connectivity index (χ1) is 13.8. The van der Waals surface area contributed by atoms with Gasteiger partial charge in [-0.15, -0.1) is 0 Å². The number of hydrogen-bond donors (Lipinski definition) is 2. The van der Waals surface area contributed by atoms with Crippen molar-refractivity contribution in [1.82, 2.24) is 15.2 Å². The molecule has 1 saturated heterocycles. The maximum Gasteiger partial charge on any atom is 0.336 e. The number of nitrogens with one attached hydrogen (secondary N) is 2. The van der Waals surface area contributed by atoms with E-state index in [-0.39, 0.29) is 29.7 Å². The minimum absolute atomic E-state index is 0.139. The van der Waals surface area contributed by atoms with E-state index in [0.717, 1.165) is 17.4 Å². The smallest absolute Gasteiger partial charge is 0.336 e. The number of hydrogen-bond acceptors (Lipinski definition) is 6. The van der Waals surface area contributed by atoms with Gasteiger partial charge in [0, 0.05) is 24.2 Å². The van der Waals surface area contributed by atoms with Crippen LogP contribution in [-0.4, -0.2) is 33.9 Å². The van der Waals surface area contributed by atoms with Gasteiger partial charge in [0.1, 0.15) is 12.1 Å². The van der Waals surface area contributed by atoms with Crippen LogP contribution in [0, 0.1) is 40.2 Å². The maximum atomic E-state index is 13.0. The van der Waals surface area contributed by atoms with Gasteiger partial charge in [0.25, 0.3) is 0 Å². The SMILES string of the molecule is Cc1ccn([C@@H](CC2CC2)C(=O)NC(C#N)C[C@@H]2CCNC2=O)c(=O)c1[N+](=O)[O-]. The van der Waals surface area contributed by atoms with Crippen LogP contribution >= 0.6 is 0 Å². The van der Waals surface area contributed by atoms with E-state index in [9.17, 15) is 29.8 Å². The third-order valence-electron chi connectivity index (χ3n) is 5.53. The summed E-state index contributed by atoms with van der Waals surface area (Å²) in [5.74, 6) is -0.759. The van der Waals surface area contributed by atoms with Crippen molar-refractivity contribution in [2.75, 3.05) is 6.54 Å². The molecule has 0 aromatic carbocycles. The van der Waals surface area contributed by atoms with Crippen LogP contribution < -0.4 is 16.2 Å². The molecule has 0 bridgehead atoms. The number of carbonyl (C=O) groups is 2. The molecule has 2 N–H and O–H groups in total. The van der Waals surface area contributed by atoms with Crippen LogP contribution in [0.4, 0.5) is 5.69 Å². The summed E-state index contributed by atoms with van der Waals surface area (Å²) in [6.45, 7) is 2.01. The highest BCUT2D eigenvalue weighted by Crippen LogP contribution is 2.37. The van der Waals surface area contributed by atoms with Crippen LogP contribution in [0.15, 0.2) is 17.1 Å². The fourth-order valence-corrected chi connectivity index (χ4v) is 3.68. The largest absolute Gasteiger partial charge is 0.356 e. The third kappa shape index (κ3) is 4.62. The molecule has 10 heteroatoms. The maximum absolute atomic E-state index is 13.0. The van der Waals surface area contributed by atoms with E-state index in [1.54, 1.807) is 0 Å². The predicted molar refractivity (Wildman–Crippen MR) is 102 cm³/mol. The van der Waals surface area contributed by atoms with Crippen LogP contribution in [0.1, 0.15) is 43.7 Å². The average Bonchev–Trinajstić information content (AvgIpc) is 3.40. The second kappa shape index (κ2) is 8.43. The number of nitrogens with zero attached hydrogens (tertiary/aromatic N) is 3. The van der Waals surface area contributed by atoms with Crippen LogP contribution in [0.5, 0.6) is 0 Å². The fraction of sp³-hybridized carbons (Fsp3) is 0.579. The molecule has 2 fully saturated rings. The first-order valence-corrected chi connectivity index (χ1v) is 9.65. The van der Waals surface area contributed by atoms with E-state index in [1.165, 1.54) is 19.2 Å². The second-order valence-electron chi connectivity index (χ2n) is 7.71. The van der Waals surface area contributed by atoms with Crippen molar-refractivity contribution in [2.24, 2.45) is 11.8 Å². The lowest BCUT2D eigenvalue weighted by atomic mass is 9.98. The minimum Gasteiger partial charge on any atom is -0.356 e. The molecule has 3 atom stereocenters. The van der Waals surface area contributed by atoms with E-state index >= 15 is 0 Å². The van der Waals surface area contributed by atoms with Crippen LogP contribution in [-0.2, 0) is 9.59 Å². The summed E-state index contributed by atoms with van der Waals surface area (Å²) < 4.78 is 1.09. The van der Waals surface area contributed by atoms with Crippen LogP contribution in [0.2, 0.25) is 0 Å². The molecule has 1 aromatic rings. The van der Waals surface area contributed by atoms with Gasteiger partial charge in [0.05, 0.1) is 11.0 Å². The number of aryl methyl sites for hydroxylation is 1. The number of nitro groups is 1. The van der Waals surface area contributed by atoms with Gasteiger partial charge in [-0.3, -0.25) is 29.1 Å². The van der Waals surface area contributed by atoms with Crippen molar-refractivity contribution in [3.63, 3.8) is 0 Å². The van der Waals surface area contributed by atoms with Crippen molar-refractivity contribution < 1.29 is 14.5 Å². The minimum atomic E-state index is -0.942. The zero-order valence-corrected chi connectivity index (χ0v) is 16.1.